The highest BCUT2D eigenvalue weighted by Gasteiger charge is 2.26. The van der Waals surface area contributed by atoms with Gasteiger partial charge in [0.25, 0.3) is 5.91 Å². The molecule has 2 aliphatic rings. The Morgan fingerprint density at radius 3 is 2.71 bits per heavy atom. The van der Waals surface area contributed by atoms with E-state index in [1.54, 1.807) is 6.20 Å². The van der Waals surface area contributed by atoms with Gasteiger partial charge in [-0.25, -0.2) is 18.7 Å². The maximum atomic E-state index is 14.3. The van der Waals surface area contributed by atoms with Crippen molar-refractivity contribution >= 4 is 39.7 Å². The highest BCUT2D eigenvalue weighted by Crippen LogP contribution is 2.26. The Morgan fingerprint density at radius 2 is 1.94 bits per heavy atom. The SMILES string of the molecule is CN1CCN(c2cccc(Nc3ncc(CNc4cc(C(=O)NC5CC5)c(F)cc4F)s3)n2)CC1. The number of anilines is 4. The van der Waals surface area contributed by atoms with Crippen LogP contribution in [0.3, 0.4) is 0 Å². The van der Waals surface area contributed by atoms with Crippen molar-refractivity contribution in [2.45, 2.75) is 25.4 Å². The molecule has 1 aromatic carbocycles. The summed E-state index contributed by atoms with van der Waals surface area (Å²) in [7, 11) is 2.12. The van der Waals surface area contributed by atoms with Gasteiger partial charge in [-0.3, -0.25) is 4.79 Å². The minimum atomic E-state index is -0.873. The third-order valence-corrected chi connectivity index (χ3v) is 6.93. The molecule has 3 heterocycles. The van der Waals surface area contributed by atoms with Crippen molar-refractivity contribution in [3.05, 3.63) is 58.6 Å². The number of likely N-dealkylation sites (N-methyl/N-ethyl adjacent to an activating group) is 1. The number of halogens is 2. The number of benzene rings is 1. The van der Waals surface area contributed by atoms with Crippen LogP contribution in [0.1, 0.15) is 28.1 Å². The number of hydrogen-bond acceptors (Lipinski definition) is 8. The van der Waals surface area contributed by atoms with E-state index in [-0.39, 0.29) is 23.8 Å². The van der Waals surface area contributed by atoms with Gasteiger partial charge < -0.3 is 25.8 Å². The number of rotatable bonds is 8. The molecule has 35 heavy (non-hydrogen) atoms. The smallest absolute Gasteiger partial charge is 0.254 e. The van der Waals surface area contributed by atoms with Crippen LogP contribution >= 0.6 is 11.3 Å². The zero-order chi connectivity index (χ0) is 24.4. The molecule has 2 fully saturated rings. The van der Waals surface area contributed by atoms with E-state index in [1.807, 2.05) is 18.2 Å². The third kappa shape index (κ3) is 5.85. The first-order valence-electron chi connectivity index (χ1n) is 11.6. The van der Waals surface area contributed by atoms with Crippen LogP contribution in [0.2, 0.25) is 0 Å². The molecule has 0 spiro atoms. The highest BCUT2D eigenvalue weighted by molar-refractivity contribution is 7.15. The van der Waals surface area contributed by atoms with Crippen molar-refractivity contribution in [3.63, 3.8) is 0 Å². The summed E-state index contributed by atoms with van der Waals surface area (Å²) in [6, 6.07) is 7.90. The molecule has 3 aromatic rings. The molecule has 2 aromatic heterocycles. The van der Waals surface area contributed by atoms with Crippen molar-refractivity contribution in [2.24, 2.45) is 0 Å². The average Bonchev–Trinajstić information content (AvgIpc) is 3.55. The molecule has 184 valence electrons. The zero-order valence-corrected chi connectivity index (χ0v) is 20.2. The highest BCUT2D eigenvalue weighted by atomic mass is 32.1. The van der Waals surface area contributed by atoms with Crippen molar-refractivity contribution in [3.8, 4) is 0 Å². The maximum absolute atomic E-state index is 14.3. The van der Waals surface area contributed by atoms with Gasteiger partial charge in [-0.2, -0.15) is 0 Å². The Balaban J connectivity index is 1.21. The number of hydrogen-bond donors (Lipinski definition) is 3. The first-order chi connectivity index (χ1) is 16.9. The van der Waals surface area contributed by atoms with Gasteiger partial charge in [-0.1, -0.05) is 17.4 Å². The summed E-state index contributed by atoms with van der Waals surface area (Å²) in [5.41, 5.74) is -0.101. The molecule has 8 nitrogen and oxygen atoms in total. The van der Waals surface area contributed by atoms with Crippen LogP contribution in [0.4, 0.5) is 31.2 Å². The lowest BCUT2D eigenvalue weighted by Crippen LogP contribution is -2.44. The monoisotopic (exact) mass is 499 g/mol. The molecule has 1 saturated heterocycles. The van der Waals surface area contributed by atoms with Gasteiger partial charge in [0.1, 0.15) is 23.3 Å². The second-order valence-corrected chi connectivity index (χ2v) is 9.96. The van der Waals surface area contributed by atoms with Crippen molar-refractivity contribution in [2.75, 3.05) is 48.8 Å². The minimum absolute atomic E-state index is 0.0665. The first-order valence-corrected chi connectivity index (χ1v) is 12.4. The number of nitrogens with one attached hydrogen (secondary N) is 3. The number of carbonyl (C=O) groups excluding carboxylic acids is 1. The average molecular weight is 500 g/mol. The summed E-state index contributed by atoms with van der Waals surface area (Å²) in [6.45, 7) is 4.15. The second-order valence-electron chi connectivity index (χ2n) is 8.84. The van der Waals surface area contributed by atoms with E-state index < -0.39 is 17.5 Å². The Hall–Kier alpha value is -3.31. The van der Waals surface area contributed by atoms with Crippen LogP contribution in [-0.2, 0) is 6.54 Å². The number of amides is 1. The van der Waals surface area contributed by atoms with Crippen LogP contribution in [-0.4, -0.2) is 60.0 Å². The lowest BCUT2D eigenvalue weighted by Gasteiger charge is -2.33. The van der Waals surface area contributed by atoms with Crippen LogP contribution in [0.25, 0.3) is 0 Å². The summed E-state index contributed by atoms with van der Waals surface area (Å²) >= 11 is 1.40. The van der Waals surface area contributed by atoms with E-state index in [4.69, 9.17) is 4.98 Å². The summed E-state index contributed by atoms with van der Waals surface area (Å²) in [6.07, 6.45) is 3.46. The fourth-order valence-electron chi connectivity index (χ4n) is 3.79. The standard InChI is InChI=1S/C24H27F2N7OS/c1-32-7-9-33(10-8-32)22-4-2-3-21(30-22)31-24-28-14-16(35-24)13-27-20-11-17(18(25)12-19(20)26)23(34)29-15-5-6-15/h2-4,11-12,14-15,27H,5-10,13H2,1H3,(H,29,34)(H,28,30,31). The molecule has 1 aliphatic carbocycles. The van der Waals surface area contributed by atoms with Crippen molar-refractivity contribution in [1.29, 1.82) is 0 Å². The quantitative estimate of drug-likeness (QED) is 0.435. The van der Waals surface area contributed by atoms with E-state index in [2.05, 4.69) is 37.8 Å². The molecule has 1 amide bonds. The van der Waals surface area contributed by atoms with Crippen LogP contribution in [0.5, 0.6) is 0 Å². The topological polar surface area (TPSA) is 85.4 Å². The number of carbonyl (C=O) groups is 1. The summed E-state index contributed by atoms with van der Waals surface area (Å²) in [5, 5.41) is 9.57. The Labute approximate surface area is 206 Å². The van der Waals surface area contributed by atoms with E-state index in [0.29, 0.717) is 10.9 Å². The van der Waals surface area contributed by atoms with Gasteiger partial charge >= 0.3 is 0 Å². The van der Waals surface area contributed by atoms with Gasteiger partial charge in [0, 0.05) is 49.4 Å². The molecule has 0 bridgehead atoms. The predicted molar refractivity (Wildman–Crippen MR) is 134 cm³/mol. The van der Waals surface area contributed by atoms with E-state index in [0.717, 1.165) is 55.8 Å². The molecule has 5 rings (SSSR count). The normalized spacial score (nSPS) is 16.3. The molecular formula is C24H27F2N7OS. The van der Waals surface area contributed by atoms with Gasteiger partial charge in [-0.05, 0) is 38.1 Å². The van der Waals surface area contributed by atoms with Crippen molar-refractivity contribution < 1.29 is 13.6 Å². The minimum Gasteiger partial charge on any atom is -0.378 e. The molecule has 1 saturated carbocycles. The summed E-state index contributed by atoms with van der Waals surface area (Å²) in [4.78, 5) is 26.7. The zero-order valence-electron chi connectivity index (χ0n) is 19.4. The summed E-state index contributed by atoms with van der Waals surface area (Å²) in [5.74, 6) is -0.523. The van der Waals surface area contributed by atoms with E-state index in [9.17, 15) is 13.6 Å². The molecular weight excluding hydrogens is 472 g/mol. The molecule has 3 N–H and O–H groups in total. The lowest BCUT2D eigenvalue weighted by molar-refractivity contribution is 0.0947. The third-order valence-electron chi connectivity index (χ3n) is 6.02. The fourth-order valence-corrected chi connectivity index (χ4v) is 4.55. The van der Waals surface area contributed by atoms with Crippen LogP contribution in [0.15, 0.2) is 36.5 Å². The number of piperazine rings is 1. The number of thiazole rings is 1. The largest absolute Gasteiger partial charge is 0.378 e. The Morgan fingerprint density at radius 1 is 1.14 bits per heavy atom. The fraction of sp³-hybridized carbons (Fsp3) is 0.375. The predicted octanol–water partition coefficient (Wildman–Crippen LogP) is 3.82. The molecule has 11 heteroatoms. The van der Waals surface area contributed by atoms with Crippen molar-refractivity contribution in [1.82, 2.24) is 20.2 Å². The maximum Gasteiger partial charge on any atom is 0.254 e. The number of pyridine rings is 1. The first kappa shape index (κ1) is 23.4. The summed E-state index contributed by atoms with van der Waals surface area (Å²) < 4.78 is 28.4. The number of aromatic nitrogens is 2. The van der Waals surface area contributed by atoms with Crippen LogP contribution < -0.4 is 20.9 Å². The lowest BCUT2D eigenvalue weighted by atomic mass is 10.1. The Kier molecular flexibility index (Phi) is 6.78. The number of nitrogens with zero attached hydrogens (tertiary/aromatic N) is 4. The molecule has 0 atom stereocenters. The van der Waals surface area contributed by atoms with Gasteiger partial charge in [0.05, 0.1) is 17.8 Å². The van der Waals surface area contributed by atoms with Crippen LogP contribution in [0, 0.1) is 11.6 Å². The van der Waals surface area contributed by atoms with Gasteiger partial charge in [0.2, 0.25) is 0 Å². The molecule has 0 radical (unpaired) electrons. The second kappa shape index (κ2) is 10.1. The van der Waals surface area contributed by atoms with Gasteiger partial charge in [-0.15, -0.1) is 0 Å². The molecule has 0 unspecified atom stereocenters. The Bertz CT molecular complexity index is 1210. The van der Waals surface area contributed by atoms with Gasteiger partial charge in [0.15, 0.2) is 5.13 Å². The van der Waals surface area contributed by atoms with E-state index in [1.165, 1.54) is 17.4 Å². The molecule has 1 aliphatic heterocycles. The van der Waals surface area contributed by atoms with E-state index >= 15 is 0 Å².